The summed E-state index contributed by atoms with van der Waals surface area (Å²) in [7, 11) is 0. The zero-order valence-electron chi connectivity index (χ0n) is 7.30. The Kier molecular flexibility index (Phi) is 2.88. The SMILES string of the molecule is O=[P@@]1(Cl)OCC[C@@H](c2ccncc2)O1. The van der Waals surface area contributed by atoms with Gasteiger partial charge >= 0.3 is 6.95 Å². The molecule has 6 heteroatoms. The molecule has 0 spiro atoms. The molecule has 1 aromatic heterocycles. The fraction of sp³-hybridized carbons (Fsp3) is 0.375. The quantitative estimate of drug-likeness (QED) is 0.700. The third-order valence-corrected chi connectivity index (χ3v) is 3.49. The summed E-state index contributed by atoms with van der Waals surface area (Å²) >= 11 is 5.51. The number of hydrogen-bond acceptors (Lipinski definition) is 4. The van der Waals surface area contributed by atoms with Gasteiger partial charge in [0.1, 0.15) is 0 Å². The van der Waals surface area contributed by atoms with Crippen LogP contribution in [0.1, 0.15) is 18.1 Å². The summed E-state index contributed by atoms with van der Waals surface area (Å²) in [6, 6.07) is 3.62. The summed E-state index contributed by atoms with van der Waals surface area (Å²) in [5.41, 5.74) is 0.921. The third-order valence-electron chi connectivity index (χ3n) is 1.96. The molecule has 0 N–H and O–H groups in total. The number of aromatic nitrogens is 1. The largest absolute Gasteiger partial charge is 0.424 e. The molecule has 76 valence electrons. The number of rotatable bonds is 1. The monoisotopic (exact) mass is 233 g/mol. The molecule has 1 aromatic rings. The number of hydrogen-bond donors (Lipinski definition) is 0. The van der Waals surface area contributed by atoms with E-state index in [4.69, 9.17) is 20.3 Å². The summed E-state index contributed by atoms with van der Waals surface area (Å²) in [5.74, 6) is 0. The van der Waals surface area contributed by atoms with E-state index in [2.05, 4.69) is 4.98 Å². The lowest BCUT2D eigenvalue weighted by Gasteiger charge is -2.25. The highest BCUT2D eigenvalue weighted by molar-refractivity contribution is 7.81. The first-order valence-corrected chi connectivity index (χ1v) is 6.65. The molecule has 2 rings (SSSR count). The van der Waals surface area contributed by atoms with Gasteiger partial charge < -0.3 is 0 Å². The molecule has 0 amide bonds. The highest BCUT2D eigenvalue weighted by Gasteiger charge is 2.32. The van der Waals surface area contributed by atoms with Crippen molar-refractivity contribution in [3.63, 3.8) is 0 Å². The lowest BCUT2D eigenvalue weighted by molar-refractivity contribution is 0.0912. The Bertz CT molecular complexity index is 359. The van der Waals surface area contributed by atoms with E-state index in [0.29, 0.717) is 13.0 Å². The van der Waals surface area contributed by atoms with Gasteiger partial charge in [0.15, 0.2) is 0 Å². The van der Waals surface area contributed by atoms with Crippen LogP contribution in [-0.4, -0.2) is 11.6 Å². The molecule has 14 heavy (non-hydrogen) atoms. The van der Waals surface area contributed by atoms with Gasteiger partial charge in [-0.05, 0) is 17.7 Å². The van der Waals surface area contributed by atoms with E-state index < -0.39 is 6.95 Å². The van der Waals surface area contributed by atoms with E-state index >= 15 is 0 Å². The summed E-state index contributed by atoms with van der Waals surface area (Å²) in [5, 5.41) is 0. The van der Waals surface area contributed by atoms with E-state index in [9.17, 15) is 4.57 Å². The Labute approximate surface area is 86.5 Å². The molecule has 1 fully saturated rings. The van der Waals surface area contributed by atoms with Gasteiger partial charge in [0.2, 0.25) is 0 Å². The van der Waals surface area contributed by atoms with Crippen LogP contribution < -0.4 is 0 Å². The van der Waals surface area contributed by atoms with Crippen LogP contribution in [0.25, 0.3) is 0 Å². The van der Waals surface area contributed by atoms with Crippen LogP contribution in [0.3, 0.4) is 0 Å². The minimum atomic E-state index is -3.36. The fourth-order valence-corrected chi connectivity index (χ4v) is 2.72. The highest BCUT2D eigenvalue weighted by atomic mass is 35.7. The van der Waals surface area contributed by atoms with Gasteiger partial charge in [-0.1, -0.05) is 0 Å². The predicted molar refractivity (Wildman–Crippen MR) is 52.1 cm³/mol. The molecule has 0 unspecified atom stereocenters. The van der Waals surface area contributed by atoms with E-state index in [1.165, 1.54) is 0 Å². The zero-order chi connectivity index (χ0) is 10.0. The number of nitrogens with zero attached hydrogens (tertiary/aromatic N) is 1. The molecular formula is C8H9ClNO3P. The summed E-state index contributed by atoms with van der Waals surface area (Å²) < 4.78 is 21.3. The van der Waals surface area contributed by atoms with Crippen molar-refractivity contribution in [2.75, 3.05) is 6.61 Å². The van der Waals surface area contributed by atoms with E-state index in [-0.39, 0.29) is 6.10 Å². The summed E-state index contributed by atoms with van der Waals surface area (Å²) in [6.07, 6.45) is 3.72. The first-order chi connectivity index (χ1) is 6.67. The molecule has 0 aliphatic carbocycles. The maximum Gasteiger partial charge on any atom is 0.424 e. The predicted octanol–water partition coefficient (Wildman–Crippen LogP) is 2.91. The van der Waals surface area contributed by atoms with Crippen LogP contribution in [0.4, 0.5) is 0 Å². The van der Waals surface area contributed by atoms with Crippen molar-refractivity contribution in [1.82, 2.24) is 4.98 Å². The van der Waals surface area contributed by atoms with Crippen LogP contribution in [-0.2, 0) is 13.6 Å². The van der Waals surface area contributed by atoms with E-state index in [0.717, 1.165) is 5.56 Å². The van der Waals surface area contributed by atoms with Gasteiger partial charge in [-0.15, -0.1) is 0 Å². The van der Waals surface area contributed by atoms with Crippen LogP contribution in [0.2, 0.25) is 0 Å². The van der Waals surface area contributed by atoms with Crippen LogP contribution in [0.5, 0.6) is 0 Å². The Morgan fingerprint density at radius 2 is 2.21 bits per heavy atom. The second-order valence-electron chi connectivity index (χ2n) is 2.93. The Hall–Kier alpha value is -0.410. The van der Waals surface area contributed by atoms with Gasteiger partial charge in [-0.25, -0.2) is 4.57 Å². The van der Waals surface area contributed by atoms with Gasteiger partial charge in [-0.3, -0.25) is 14.0 Å². The third kappa shape index (κ3) is 2.34. The van der Waals surface area contributed by atoms with Crippen LogP contribution in [0.15, 0.2) is 24.5 Å². The van der Waals surface area contributed by atoms with E-state index in [1.54, 1.807) is 12.4 Å². The lowest BCUT2D eigenvalue weighted by atomic mass is 10.1. The fourth-order valence-electron chi connectivity index (χ4n) is 1.31. The number of halogens is 1. The molecule has 1 aliphatic rings. The normalized spacial score (nSPS) is 32.8. The lowest BCUT2D eigenvalue weighted by Crippen LogP contribution is -2.11. The van der Waals surface area contributed by atoms with Crippen molar-refractivity contribution in [2.24, 2.45) is 0 Å². The Balaban J connectivity index is 2.16. The molecule has 0 aromatic carbocycles. The van der Waals surface area contributed by atoms with Crippen molar-refractivity contribution in [1.29, 1.82) is 0 Å². The first kappa shape index (κ1) is 10.1. The maximum atomic E-state index is 11.3. The number of pyridine rings is 1. The molecule has 1 saturated heterocycles. The van der Waals surface area contributed by atoms with Crippen LogP contribution >= 0.6 is 18.2 Å². The Morgan fingerprint density at radius 3 is 2.86 bits per heavy atom. The minimum Gasteiger partial charge on any atom is -0.297 e. The van der Waals surface area contributed by atoms with Crippen molar-refractivity contribution >= 4 is 18.2 Å². The molecule has 4 nitrogen and oxygen atoms in total. The van der Waals surface area contributed by atoms with Crippen molar-refractivity contribution < 1.29 is 13.6 Å². The molecule has 2 atom stereocenters. The van der Waals surface area contributed by atoms with Gasteiger partial charge in [0.05, 0.1) is 12.7 Å². The summed E-state index contributed by atoms with van der Waals surface area (Å²) in [6.45, 7) is -3.00. The Morgan fingerprint density at radius 1 is 1.50 bits per heavy atom. The second-order valence-corrected chi connectivity index (χ2v) is 5.50. The van der Waals surface area contributed by atoms with Gasteiger partial charge in [0.25, 0.3) is 0 Å². The molecule has 2 heterocycles. The molecule has 1 aliphatic heterocycles. The molecule has 0 bridgehead atoms. The second kappa shape index (κ2) is 3.99. The average molecular weight is 234 g/mol. The molecule has 0 radical (unpaired) electrons. The average Bonchev–Trinajstić information content (AvgIpc) is 2.18. The van der Waals surface area contributed by atoms with E-state index in [1.807, 2.05) is 12.1 Å². The minimum absolute atomic E-state index is 0.255. The van der Waals surface area contributed by atoms with Gasteiger partial charge in [-0.2, -0.15) is 0 Å². The first-order valence-electron chi connectivity index (χ1n) is 4.20. The standard InChI is InChI=1S/C8H9ClNO3P/c9-14(11)12-6-3-8(13-14)7-1-4-10-5-2-7/h1-2,4-5,8H,3,6H2/t8-,14-/m0/s1. The van der Waals surface area contributed by atoms with Gasteiger partial charge in [0, 0.05) is 30.1 Å². The molecule has 0 saturated carbocycles. The maximum absolute atomic E-state index is 11.3. The van der Waals surface area contributed by atoms with Crippen molar-refractivity contribution in [3.8, 4) is 0 Å². The van der Waals surface area contributed by atoms with Crippen molar-refractivity contribution in [3.05, 3.63) is 30.1 Å². The smallest absolute Gasteiger partial charge is 0.297 e. The summed E-state index contributed by atoms with van der Waals surface area (Å²) in [4.78, 5) is 3.89. The highest BCUT2D eigenvalue weighted by Crippen LogP contribution is 2.59. The zero-order valence-corrected chi connectivity index (χ0v) is 8.95. The topological polar surface area (TPSA) is 48.4 Å². The van der Waals surface area contributed by atoms with Crippen LogP contribution in [0, 0.1) is 0 Å². The molecular weight excluding hydrogens is 225 g/mol. The van der Waals surface area contributed by atoms with Crippen molar-refractivity contribution in [2.45, 2.75) is 12.5 Å².